The minimum absolute atomic E-state index is 0.372. The summed E-state index contributed by atoms with van der Waals surface area (Å²) in [7, 11) is -25.3. The first-order valence-electron chi connectivity index (χ1n) is 10.3. The van der Waals surface area contributed by atoms with Crippen LogP contribution in [-0.4, -0.2) is 71.3 Å². The van der Waals surface area contributed by atoms with Crippen LogP contribution in [0.3, 0.4) is 0 Å². The highest BCUT2D eigenvalue weighted by atomic mass is 32.3. The maximum Gasteiger partial charge on any atom is 0.398 e. The first-order chi connectivity index (χ1) is 18.9. The second kappa shape index (κ2) is 11.1. The van der Waals surface area contributed by atoms with E-state index in [9.17, 15) is 60.9 Å². The molecule has 230 valence electrons. The molecular weight excluding hydrogens is 675 g/mol. The number of sulfone groups is 1. The average molecular weight is 692 g/mol. The van der Waals surface area contributed by atoms with Crippen LogP contribution in [0.15, 0.2) is 61.3 Å². The highest BCUT2D eigenvalue weighted by Crippen LogP contribution is 2.44. The molecule has 0 radical (unpaired) electrons. The zero-order chi connectivity index (χ0) is 32.1. The molecule has 0 fully saturated rings. The Hall–Kier alpha value is -3.33. The van der Waals surface area contributed by atoms with Crippen LogP contribution in [0.5, 0.6) is 5.75 Å². The van der Waals surface area contributed by atoms with Crippen molar-refractivity contribution < 1.29 is 69.6 Å². The van der Waals surface area contributed by atoms with E-state index in [0.717, 1.165) is 24.3 Å². The van der Waals surface area contributed by atoms with E-state index < -0.39 is 111 Å². The molecule has 24 heteroatoms. The average Bonchev–Trinajstić information content (AvgIpc) is 2.80. The fourth-order valence-electron chi connectivity index (χ4n) is 3.46. The summed E-state index contributed by atoms with van der Waals surface area (Å²) in [4.78, 5) is -3.41. The van der Waals surface area contributed by atoms with Gasteiger partial charge in [0, 0.05) is 10.8 Å². The van der Waals surface area contributed by atoms with Gasteiger partial charge in [0.2, 0.25) is 0 Å². The predicted octanol–water partition coefficient (Wildman–Crippen LogP) is 0.975. The van der Waals surface area contributed by atoms with E-state index in [1.807, 2.05) is 0 Å². The van der Waals surface area contributed by atoms with E-state index in [1.54, 1.807) is 0 Å². The Kier molecular flexibility index (Phi) is 8.74. The van der Waals surface area contributed by atoms with Crippen LogP contribution >= 0.6 is 0 Å². The van der Waals surface area contributed by atoms with Crippen molar-refractivity contribution in [3.63, 3.8) is 0 Å². The molecule has 0 spiro atoms. The lowest BCUT2D eigenvalue weighted by Crippen LogP contribution is -2.16. The number of hydrogen-bond donors (Lipinski definition) is 6. The van der Waals surface area contributed by atoms with Gasteiger partial charge in [-0.25, -0.2) is 12.6 Å². The van der Waals surface area contributed by atoms with E-state index in [1.165, 1.54) is 0 Å². The number of aromatic hydroxyl groups is 1. The lowest BCUT2D eigenvalue weighted by Gasteiger charge is -2.12. The van der Waals surface area contributed by atoms with Crippen molar-refractivity contribution in [3.8, 4) is 5.75 Å². The van der Waals surface area contributed by atoms with Gasteiger partial charge < -0.3 is 10.8 Å². The number of rotatable bonds is 10. The SMILES string of the molecule is Nc1ccc2c(O)c(N=Nc3ccc(CS(=O)(=O)COS(=O)(=O)O)cc3S(=O)(=O)O)c(S(=O)(=O)O)cc2c1S(=O)(=O)O. The van der Waals surface area contributed by atoms with Crippen LogP contribution in [0.2, 0.25) is 0 Å². The van der Waals surface area contributed by atoms with Crippen molar-refractivity contribution in [1.29, 1.82) is 0 Å². The molecule has 0 saturated carbocycles. The van der Waals surface area contributed by atoms with Gasteiger partial charge in [-0.05, 0) is 35.9 Å². The number of nitrogens with zero attached hydrogens (tertiary/aromatic N) is 2. The summed E-state index contributed by atoms with van der Waals surface area (Å²) in [6, 6.07) is 4.64. The van der Waals surface area contributed by atoms with Gasteiger partial charge >= 0.3 is 10.4 Å². The summed E-state index contributed by atoms with van der Waals surface area (Å²) in [5, 5.41) is 16.5. The van der Waals surface area contributed by atoms with Crippen LogP contribution in [0.25, 0.3) is 10.8 Å². The maximum atomic E-state index is 12.1. The smallest absolute Gasteiger partial charge is 0.398 e. The number of fused-ring (bicyclic) bond motifs is 1. The molecule has 0 atom stereocenters. The summed E-state index contributed by atoms with van der Waals surface area (Å²) in [5.74, 6) is -3.73. The van der Waals surface area contributed by atoms with Gasteiger partial charge in [0.1, 0.15) is 26.1 Å². The summed E-state index contributed by atoms with van der Waals surface area (Å²) >= 11 is 0. The molecule has 0 aliphatic heterocycles. The van der Waals surface area contributed by atoms with E-state index in [2.05, 4.69) is 14.4 Å². The highest BCUT2D eigenvalue weighted by Gasteiger charge is 2.27. The Morgan fingerprint density at radius 1 is 0.714 bits per heavy atom. The first kappa shape index (κ1) is 33.2. The molecule has 0 aliphatic rings. The standard InChI is InChI=1S/C18H17N3O16S5/c19-12-3-2-10-11(18(12)41(31,32)33)6-15(40(28,29)30)16(17(10)22)21-20-13-4-1-9(5-14(13)39(25,26)27)7-38(23,24)8-37-42(34,35)36/h1-6,22H,7-8,19H2,(H,25,26,27)(H,28,29,30)(H,31,32,33)(H,34,35,36). The fraction of sp³-hybridized carbons (Fsp3) is 0.111. The molecule has 7 N–H and O–H groups in total. The molecule has 3 aromatic carbocycles. The Bertz CT molecular complexity index is 2190. The topological polar surface area (TPSA) is 332 Å². The van der Waals surface area contributed by atoms with Gasteiger partial charge in [0.05, 0.1) is 11.4 Å². The molecular formula is C18H17N3O16S5. The normalized spacial score (nSPS) is 13.6. The summed E-state index contributed by atoms with van der Waals surface area (Å²) in [6.45, 7) is 0. The summed E-state index contributed by atoms with van der Waals surface area (Å²) in [6.07, 6.45) is 0. The number of azo groups is 1. The van der Waals surface area contributed by atoms with Crippen LogP contribution in [0.1, 0.15) is 5.56 Å². The van der Waals surface area contributed by atoms with E-state index in [4.69, 9.17) is 10.3 Å². The molecule has 0 aliphatic carbocycles. The minimum Gasteiger partial charge on any atom is -0.505 e. The van der Waals surface area contributed by atoms with Crippen molar-refractivity contribution >= 4 is 78.4 Å². The van der Waals surface area contributed by atoms with Gasteiger partial charge in [-0.2, -0.15) is 33.7 Å². The Morgan fingerprint density at radius 3 is 1.83 bits per heavy atom. The molecule has 42 heavy (non-hydrogen) atoms. The van der Waals surface area contributed by atoms with E-state index >= 15 is 0 Å². The van der Waals surface area contributed by atoms with Gasteiger partial charge in [-0.3, -0.25) is 18.2 Å². The van der Waals surface area contributed by atoms with Gasteiger partial charge in [-0.1, -0.05) is 6.07 Å². The van der Waals surface area contributed by atoms with Crippen molar-refractivity contribution in [2.75, 3.05) is 11.7 Å². The summed E-state index contributed by atoms with van der Waals surface area (Å²) in [5.41, 5.74) is 2.79. The van der Waals surface area contributed by atoms with Gasteiger partial charge in [-0.15, -0.1) is 10.2 Å². The Balaban J connectivity index is 2.21. The van der Waals surface area contributed by atoms with E-state index in [0.29, 0.717) is 12.1 Å². The molecule has 0 amide bonds. The molecule has 0 saturated heterocycles. The lowest BCUT2D eigenvalue weighted by molar-refractivity contribution is 0.305. The number of benzene rings is 3. The zero-order valence-electron chi connectivity index (χ0n) is 20.1. The molecule has 19 nitrogen and oxygen atoms in total. The second-order valence-electron chi connectivity index (χ2n) is 8.13. The second-order valence-corrected chi connectivity index (χ2v) is 15.4. The van der Waals surface area contributed by atoms with Crippen LogP contribution < -0.4 is 5.73 Å². The first-order valence-corrected chi connectivity index (χ1v) is 17.8. The van der Waals surface area contributed by atoms with Gasteiger partial charge in [0.25, 0.3) is 30.4 Å². The Labute approximate surface area is 237 Å². The monoisotopic (exact) mass is 691 g/mol. The van der Waals surface area contributed by atoms with Crippen LogP contribution in [-0.2, 0) is 60.5 Å². The number of anilines is 1. The largest absolute Gasteiger partial charge is 0.505 e. The quantitative estimate of drug-likeness (QED) is 0.0979. The van der Waals surface area contributed by atoms with Crippen molar-refractivity contribution in [1.82, 2.24) is 0 Å². The maximum absolute atomic E-state index is 12.1. The number of phenols is 1. The molecule has 0 unspecified atom stereocenters. The number of phenolic OH excluding ortho intramolecular Hbond substituents is 1. The number of hydrogen-bond acceptors (Lipinski definition) is 15. The predicted molar refractivity (Wildman–Crippen MR) is 140 cm³/mol. The van der Waals surface area contributed by atoms with Gasteiger partial charge in [0.15, 0.2) is 21.5 Å². The van der Waals surface area contributed by atoms with Crippen LogP contribution in [0.4, 0.5) is 17.1 Å². The minimum atomic E-state index is -5.35. The molecule has 0 aromatic heterocycles. The third-order valence-corrected chi connectivity index (χ3v) is 9.61. The fourth-order valence-corrected chi connectivity index (χ4v) is 7.44. The molecule has 0 heterocycles. The number of nitrogen functional groups attached to an aromatic ring is 1. The molecule has 3 aromatic rings. The molecule has 0 bridgehead atoms. The third-order valence-electron chi connectivity index (χ3n) is 5.07. The highest BCUT2D eigenvalue weighted by molar-refractivity contribution is 7.91. The van der Waals surface area contributed by atoms with Crippen molar-refractivity contribution in [2.24, 2.45) is 10.2 Å². The van der Waals surface area contributed by atoms with Crippen molar-refractivity contribution in [2.45, 2.75) is 20.4 Å². The van der Waals surface area contributed by atoms with Crippen molar-refractivity contribution in [3.05, 3.63) is 42.0 Å². The molecule has 3 rings (SSSR count). The zero-order valence-corrected chi connectivity index (χ0v) is 24.2. The van der Waals surface area contributed by atoms with Crippen LogP contribution in [0, 0.1) is 0 Å². The Morgan fingerprint density at radius 2 is 1.31 bits per heavy atom. The van der Waals surface area contributed by atoms with E-state index in [-0.39, 0.29) is 5.56 Å². The lowest BCUT2D eigenvalue weighted by atomic mass is 10.1. The summed E-state index contributed by atoms with van der Waals surface area (Å²) < 4.78 is 158. The third kappa shape index (κ3) is 7.73. The number of nitrogens with two attached hydrogens (primary N) is 1.